The molecule has 1 rings (SSSR count). The van der Waals surface area contributed by atoms with E-state index in [1.165, 1.54) is 0 Å². The number of anilines is 2. The third-order valence-electron chi connectivity index (χ3n) is 1.71. The Morgan fingerprint density at radius 3 is 2.71 bits per heavy atom. The highest BCUT2D eigenvalue weighted by Gasteiger charge is 2.02. The highest BCUT2D eigenvalue weighted by atomic mass is 32.2. The van der Waals surface area contributed by atoms with Crippen molar-refractivity contribution in [2.24, 2.45) is 0 Å². The van der Waals surface area contributed by atoms with Gasteiger partial charge in [0.2, 0.25) is 11.9 Å². The van der Waals surface area contributed by atoms with Crippen LogP contribution in [0.3, 0.4) is 0 Å². The molecule has 0 fully saturated rings. The summed E-state index contributed by atoms with van der Waals surface area (Å²) in [5, 5.41) is 3.64. The Morgan fingerprint density at radius 2 is 2.14 bits per heavy atom. The third-order valence-corrected chi connectivity index (χ3v) is 2.69. The second kappa shape index (κ2) is 4.99. The molecule has 0 spiro atoms. The van der Waals surface area contributed by atoms with E-state index in [1.807, 2.05) is 0 Å². The molecule has 3 N–H and O–H groups in total. The van der Waals surface area contributed by atoms with E-state index < -0.39 is 0 Å². The predicted molar refractivity (Wildman–Crippen MR) is 60.4 cm³/mol. The molecule has 5 nitrogen and oxygen atoms in total. The Labute approximate surface area is 87.9 Å². The number of rotatable bonds is 4. The lowest BCUT2D eigenvalue weighted by atomic mass is 10.5. The van der Waals surface area contributed by atoms with Gasteiger partial charge in [-0.3, -0.25) is 0 Å². The predicted octanol–water partition coefficient (Wildman–Crippen LogP) is 0.926. The number of nitrogens with one attached hydrogen (secondary N) is 1. The van der Waals surface area contributed by atoms with Crippen LogP contribution in [0.2, 0.25) is 0 Å². The third kappa shape index (κ3) is 3.37. The van der Waals surface area contributed by atoms with Crippen molar-refractivity contribution in [2.45, 2.75) is 19.1 Å². The Kier molecular flexibility index (Phi) is 3.94. The first-order valence-corrected chi connectivity index (χ1v) is 5.65. The van der Waals surface area contributed by atoms with Gasteiger partial charge in [-0.05, 0) is 13.2 Å². The summed E-state index contributed by atoms with van der Waals surface area (Å²) in [6.07, 6.45) is 2.07. The van der Waals surface area contributed by atoms with Crippen molar-refractivity contribution in [2.75, 3.05) is 23.9 Å². The summed E-state index contributed by atoms with van der Waals surface area (Å²) in [7, 11) is 0. The van der Waals surface area contributed by atoms with E-state index in [0.717, 1.165) is 6.54 Å². The van der Waals surface area contributed by atoms with Gasteiger partial charge in [0, 0.05) is 11.8 Å². The van der Waals surface area contributed by atoms with Crippen molar-refractivity contribution in [3.63, 3.8) is 0 Å². The standard InChI is InChI=1S/C8H15N5S/c1-5(14-3)4-10-8-12-6(2)11-7(9)13-8/h5H,4H2,1-3H3,(H3,9,10,11,12,13). The molecule has 0 radical (unpaired) electrons. The molecule has 1 unspecified atom stereocenters. The maximum absolute atomic E-state index is 5.49. The fourth-order valence-corrected chi connectivity index (χ4v) is 1.15. The quantitative estimate of drug-likeness (QED) is 0.774. The fraction of sp³-hybridized carbons (Fsp3) is 0.625. The molecule has 1 heterocycles. The monoisotopic (exact) mass is 213 g/mol. The molecule has 14 heavy (non-hydrogen) atoms. The van der Waals surface area contributed by atoms with E-state index in [4.69, 9.17) is 5.73 Å². The number of nitrogens with zero attached hydrogens (tertiary/aromatic N) is 3. The summed E-state index contributed by atoms with van der Waals surface area (Å²) in [6, 6.07) is 0. The summed E-state index contributed by atoms with van der Waals surface area (Å²) in [5.74, 6) is 1.45. The molecular weight excluding hydrogens is 198 g/mol. The summed E-state index contributed by atoms with van der Waals surface area (Å²) >= 11 is 1.79. The lowest BCUT2D eigenvalue weighted by Gasteiger charge is -2.09. The second-order valence-electron chi connectivity index (χ2n) is 2.99. The van der Waals surface area contributed by atoms with E-state index in [-0.39, 0.29) is 5.95 Å². The van der Waals surface area contributed by atoms with Crippen LogP contribution in [0.15, 0.2) is 0 Å². The lowest BCUT2D eigenvalue weighted by molar-refractivity contribution is 0.935. The Hall–Kier alpha value is -1.04. The van der Waals surface area contributed by atoms with Crippen molar-refractivity contribution in [1.29, 1.82) is 0 Å². The fourth-order valence-electron chi connectivity index (χ4n) is 0.900. The molecule has 1 atom stereocenters. The van der Waals surface area contributed by atoms with E-state index in [1.54, 1.807) is 18.7 Å². The van der Waals surface area contributed by atoms with Gasteiger partial charge in [0.1, 0.15) is 5.82 Å². The number of thioether (sulfide) groups is 1. The number of nitrogens with two attached hydrogens (primary N) is 1. The van der Waals surface area contributed by atoms with Crippen LogP contribution in [0.25, 0.3) is 0 Å². The zero-order valence-electron chi connectivity index (χ0n) is 8.61. The van der Waals surface area contributed by atoms with Crippen molar-refractivity contribution in [3.05, 3.63) is 5.82 Å². The smallest absolute Gasteiger partial charge is 0.227 e. The van der Waals surface area contributed by atoms with Gasteiger partial charge in [-0.2, -0.15) is 26.7 Å². The topological polar surface area (TPSA) is 76.7 Å². The van der Waals surface area contributed by atoms with Gasteiger partial charge in [0.15, 0.2) is 0 Å². The molecule has 0 aliphatic carbocycles. The van der Waals surface area contributed by atoms with Crippen LogP contribution in [0, 0.1) is 6.92 Å². The molecule has 6 heteroatoms. The van der Waals surface area contributed by atoms with Gasteiger partial charge < -0.3 is 11.1 Å². The van der Waals surface area contributed by atoms with Crippen LogP contribution in [0.1, 0.15) is 12.7 Å². The van der Waals surface area contributed by atoms with Crippen LogP contribution < -0.4 is 11.1 Å². The van der Waals surface area contributed by atoms with Gasteiger partial charge in [-0.1, -0.05) is 6.92 Å². The van der Waals surface area contributed by atoms with Crippen molar-refractivity contribution in [1.82, 2.24) is 15.0 Å². The van der Waals surface area contributed by atoms with Gasteiger partial charge in [-0.15, -0.1) is 0 Å². The second-order valence-corrected chi connectivity index (χ2v) is 4.27. The summed E-state index contributed by atoms with van der Waals surface area (Å²) < 4.78 is 0. The molecule has 0 saturated carbocycles. The highest BCUT2D eigenvalue weighted by Crippen LogP contribution is 2.07. The minimum Gasteiger partial charge on any atom is -0.368 e. The van der Waals surface area contributed by atoms with Crippen molar-refractivity contribution >= 4 is 23.7 Å². The number of aryl methyl sites for hydroxylation is 1. The van der Waals surface area contributed by atoms with Crippen molar-refractivity contribution < 1.29 is 0 Å². The Bertz CT molecular complexity index is 284. The highest BCUT2D eigenvalue weighted by molar-refractivity contribution is 7.99. The first kappa shape index (κ1) is 11.0. The average Bonchev–Trinajstić information content (AvgIpc) is 2.12. The maximum Gasteiger partial charge on any atom is 0.227 e. The molecule has 0 amide bonds. The Morgan fingerprint density at radius 1 is 1.43 bits per heavy atom. The van der Waals surface area contributed by atoms with Crippen LogP contribution in [-0.2, 0) is 0 Å². The van der Waals surface area contributed by atoms with E-state index in [2.05, 4.69) is 33.4 Å². The zero-order chi connectivity index (χ0) is 10.6. The molecule has 78 valence electrons. The molecule has 0 aromatic carbocycles. The van der Waals surface area contributed by atoms with E-state index >= 15 is 0 Å². The number of nitrogen functional groups attached to an aromatic ring is 1. The van der Waals surface area contributed by atoms with E-state index in [0.29, 0.717) is 17.0 Å². The van der Waals surface area contributed by atoms with Crippen LogP contribution in [0.5, 0.6) is 0 Å². The van der Waals surface area contributed by atoms with Crippen LogP contribution in [0.4, 0.5) is 11.9 Å². The molecule has 1 aromatic rings. The molecule has 1 aromatic heterocycles. The molecular formula is C8H15N5S. The molecule has 0 bridgehead atoms. The maximum atomic E-state index is 5.49. The largest absolute Gasteiger partial charge is 0.368 e. The number of hydrogen-bond donors (Lipinski definition) is 2. The normalized spacial score (nSPS) is 12.5. The first-order chi connectivity index (χ1) is 6.61. The molecule has 0 aliphatic heterocycles. The van der Waals surface area contributed by atoms with E-state index in [9.17, 15) is 0 Å². The minimum absolute atomic E-state index is 0.261. The lowest BCUT2D eigenvalue weighted by Crippen LogP contribution is -2.15. The summed E-state index contributed by atoms with van der Waals surface area (Å²) in [4.78, 5) is 12.0. The van der Waals surface area contributed by atoms with Crippen LogP contribution in [-0.4, -0.2) is 33.0 Å². The number of aromatic nitrogens is 3. The number of hydrogen-bond acceptors (Lipinski definition) is 6. The summed E-state index contributed by atoms with van der Waals surface area (Å²) in [6.45, 7) is 4.75. The average molecular weight is 213 g/mol. The van der Waals surface area contributed by atoms with Gasteiger partial charge in [0.25, 0.3) is 0 Å². The summed E-state index contributed by atoms with van der Waals surface area (Å²) in [5.41, 5.74) is 5.49. The Balaban J connectivity index is 2.58. The van der Waals surface area contributed by atoms with Gasteiger partial charge in [-0.25, -0.2) is 0 Å². The molecule has 0 saturated heterocycles. The molecule has 0 aliphatic rings. The van der Waals surface area contributed by atoms with Gasteiger partial charge >= 0.3 is 0 Å². The zero-order valence-corrected chi connectivity index (χ0v) is 9.43. The van der Waals surface area contributed by atoms with Gasteiger partial charge in [0.05, 0.1) is 0 Å². The minimum atomic E-state index is 0.261. The van der Waals surface area contributed by atoms with Crippen LogP contribution >= 0.6 is 11.8 Å². The SMILES string of the molecule is CSC(C)CNc1nc(C)nc(N)n1. The van der Waals surface area contributed by atoms with Crippen molar-refractivity contribution in [3.8, 4) is 0 Å². The first-order valence-electron chi connectivity index (χ1n) is 4.36.